The first-order chi connectivity index (χ1) is 20.0. The van der Waals surface area contributed by atoms with E-state index >= 15 is 0 Å². The van der Waals surface area contributed by atoms with Gasteiger partial charge in [-0.05, 0) is 78.9 Å². The molecule has 2 amide bonds. The highest BCUT2D eigenvalue weighted by molar-refractivity contribution is 7.92. The first-order valence-corrected chi connectivity index (χ1v) is 15.1. The van der Waals surface area contributed by atoms with Crippen LogP contribution in [-0.2, 0) is 14.8 Å². The Kier molecular flexibility index (Phi) is 8.08. The number of amides is 2. The first kappa shape index (κ1) is 28.9. The molecule has 2 N–H and O–H groups in total. The second kappa shape index (κ2) is 11.7. The van der Waals surface area contributed by atoms with E-state index in [1.807, 2.05) is 6.07 Å². The molecule has 42 heavy (non-hydrogen) atoms. The molecule has 10 nitrogen and oxygen atoms in total. The van der Waals surface area contributed by atoms with Crippen LogP contribution in [0.15, 0.2) is 65.1 Å². The van der Waals surface area contributed by atoms with Gasteiger partial charge in [0, 0.05) is 32.1 Å². The number of hydrogen-bond acceptors (Lipinski definition) is 7. The number of carbonyl (C=O) groups excluding carboxylic acids is 2. The van der Waals surface area contributed by atoms with Gasteiger partial charge < -0.3 is 24.5 Å². The molecule has 1 aliphatic rings. The van der Waals surface area contributed by atoms with Crippen LogP contribution < -0.4 is 24.4 Å². The molecule has 1 aromatic heterocycles. The number of rotatable bonds is 10. The number of fused-ring (bicyclic) bond motifs is 1. The number of hydrogen-bond donors (Lipinski definition) is 2. The summed E-state index contributed by atoms with van der Waals surface area (Å²) in [5.41, 5.74) is 2.14. The minimum absolute atomic E-state index is 0.0360. The van der Waals surface area contributed by atoms with Crippen LogP contribution in [-0.4, -0.2) is 46.8 Å². The lowest BCUT2D eigenvalue weighted by Gasteiger charge is -2.25. The molecule has 12 heteroatoms. The number of sulfonamides is 1. The molecule has 0 saturated heterocycles. The third-order valence-electron chi connectivity index (χ3n) is 6.73. The molecule has 4 aromatic rings. The highest BCUT2D eigenvalue weighted by atomic mass is 32.2. The number of furan rings is 1. The van der Waals surface area contributed by atoms with E-state index in [4.69, 9.17) is 13.9 Å². The maximum atomic E-state index is 13.2. The molecule has 1 heterocycles. The average molecular weight is 596 g/mol. The lowest BCUT2D eigenvalue weighted by atomic mass is 10.0. The van der Waals surface area contributed by atoms with E-state index in [0.717, 1.165) is 24.7 Å². The Bertz CT molecular complexity index is 1730. The Labute approximate surface area is 242 Å². The molecule has 0 aliphatic heterocycles. The number of anilines is 1. The maximum Gasteiger partial charge on any atom is 0.412 e. The molecule has 1 saturated carbocycles. The summed E-state index contributed by atoms with van der Waals surface area (Å²) in [5, 5.41) is 5.61. The summed E-state index contributed by atoms with van der Waals surface area (Å²) in [5.74, 6) is 0.915. The molecule has 3 aromatic carbocycles. The zero-order valence-electron chi connectivity index (χ0n) is 23.3. The minimum atomic E-state index is -3.71. The molecule has 0 bridgehead atoms. The SMILES string of the molecule is CNC(=O)Oc1c(-c2ccc(Oc3ccc(F)cc3)cc2)oc2cc(N(CCNC(C)=O)S(C)(=O)=O)c(C3CC3)cc12. The van der Waals surface area contributed by atoms with Crippen molar-refractivity contribution >= 4 is 38.7 Å². The van der Waals surface area contributed by atoms with E-state index in [1.54, 1.807) is 30.3 Å². The lowest BCUT2D eigenvalue weighted by Crippen LogP contribution is -2.38. The van der Waals surface area contributed by atoms with Gasteiger partial charge in [-0.25, -0.2) is 17.6 Å². The van der Waals surface area contributed by atoms with Gasteiger partial charge in [0.1, 0.15) is 22.9 Å². The number of nitrogens with zero attached hydrogens (tertiary/aromatic N) is 1. The van der Waals surface area contributed by atoms with Crippen molar-refractivity contribution in [1.29, 1.82) is 0 Å². The molecular weight excluding hydrogens is 565 g/mol. The van der Waals surface area contributed by atoms with Crippen LogP contribution >= 0.6 is 0 Å². The maximum absolute atomic E-state index is 13.2. The summed E-state index contributed by atoms with van der Waals surface area (Å²) in [6, 6.07) is 15.9. The van der Waals surface area contributed by atoms with Crippen LogP contribution in [0.1, 0.15) is 31.2 Å². The van der Waals surface area contributed by atoms with E-state index in [0.29, 0.717) is 33.7 Å². The van der Waals surface area contributed by atoms with Crippen molar-refractivity contribution in [3.63, 3.8) is 0 Å². The molecule has 0 unspecified atom stereocenters. The molecule has 220 valence electrons. The van der Waals surface area contributed by atoms with E-state index < -0.39 is 16.1 Å². The van der Waals surface area contributed by atoms with Crippen molar-refractivity contribution in [2.45, 2.75) is 25.7 Å². The number of nitrogens with one attached hydrogen (secondary N) is 2. The van der Waals surface area contributed by atoms with Crippen LogP contribution in [0.4, 0.5) is 14.9 Å². The van der Waals surface area contributed by atoms with Crippen LogP contribution in [0.2, 0.25) is 0 Å². The van der Waals surface area contributed by atoms with Crippen molar-refractivity contribution in [3.05, 3.63) is 72.0 Å². The van der Waals surface area contributed by atoms with Gasteiger partial charge in [-0.2, -0.15) is 0 Å². The normalized spacial score (nSPS) is 13.0. The Balaban J connectivity index is 1.58. The minimum Gasteiger partial charge on any atom is -0.457 e. The first-order valence-electron chi connectivity index (χ1n) is 13.3. The predicted molar refractivity (Wildman–Crippen MR) is 156 cm³/mol. The van der Waals surface area contributed by atoms with Gasteiger partial charge in [0.05, 0.1) is 23.9 Å². The third-order valence-corrected chi connectivity index (χ3v) is 7.91. The number of carbonyl (C=O) groups is 2. The van der Waals surface area contributed by atoms with Crippen LogP contribution in [0.5, 0.6) is 17.2 Å². The number of benzene rings is 3. The Morgan fingerprint density at radius 1 is 1.05 bits per heavy atom. The van der Waals surface area contributed by atoms with Crippen molar-refractivity contribution < 1.29 is 36.3 Å². The van der Waals surface area contributed by atoms with Gasteiger partial charge >= 0.3 is 6.09 Å². The van der Waals surface area contributed by atoms with Crippen molar-refractivity contribution in [3.8, 4) is 28.6 Å². The van der Waals surface area contributed by atoms with E-state index in [2.05, 4.69) is 10.6 Å². The molecule has 5 rings (SSSR count). The van der Waals surface area contributed by atoms with Gasteiger partial charge in [-0.15, -0.1) is 0 Å². The summed E-state index contributed by atoms with van der Waals surface area (Å²) >= 11 is 0. The number of ether oxygens (including phenoxy) is 2. The number of halogens is 1. The second-order valence-electron chi connectivity index (χ2n) is 9.98. The second-order valence-corrected chi connectivity index (χ2v) is 11.9. The van der Waals surface area contributed by atoms with Crippen LogP contribution in [0, 0.1) is 5.82 Å². The van der Waals surface area contributed by atoms with Gasteiger partial charge in [0.25, 0.3) is 0 Å². The zero-order valence-corrected chi connectivity index (χ0v) is 24.1. The fourth-order valence-corrected chi connectivity index (χ4v) is 5.55. The quantitative estimate of drug-likeness (QED) is 0.247. The summed E-state index contributed by atoms with van der Waals surface area (Å²) in [6.07, 6.45) is 2.19. The summed E-state index contributed by atoms with van der Waals surface area (Å²) in [4.78, 5) is 23.8. The Morgan fingerprint density at radius 3 is 2.26 bits per heavy atom. The zero-order chi connectivity index (χ0) is 30.0. The summed E-state index contributed by atoms with van der Waals surface area (Å²) in [7, 11) is -2.27. The fraction of sp³-hybridized carbons (Fsp3) is 0.267. The predicted octanol–water partition coefficient (Wildman–Crippen LogP) is 5.53. The topological polar surface area (TPSA) is 127 Å². The van der Waals surface area contributed by atoms with Gasteiger partial charge in [-0.3, -0.25) is 9.10 Å². The van der Waals surface area contributed by atoms with E-state index in [1.165, 1.54) is 42.5 Å². The lowest BCUT2D eigenvalue weighted by molar-refractivity contribution is -0.118. The van der Waals surface area contributed by atoms with Crippen LogP contribution in [0.3, 0.4) is 0 Å². The molecule has 0 spiro atoms. The summed E-state index contributed by atoms with van der Waals surface area (Å²) < 4.78 is 57.9. The smallest absolute Gasteiger partial charge is 0.412 e. The average Bonchev–Trinajstić information content (AvgIpc) is 3.74. The fourth-order valence-electron chi connectivity index (χ4n) is 4.61. The van der Waals surface area contributed by atoms with E-state index in [-0.39, 0.29) is 42.2 Å². The highest BCUT2D eigenvalue weighted by Gasteiger charge is 2.33. The summed E-state index contributed by atoms with van der Waals surface area (Å²) in [6.45, 7) is 1.53. The standard InChI is InChI=1S/C30H30FN3O7S/c1-18(35)33-14-15-34(42(3,37)38)26-17-27-25(16-24(26)19-4-5-19)29(41-30(36)32-2)28(40-27)20-6-10-22(11-7-20)39-23-12-8-21(31)9-13-23/h6-13,16-17,19H,4-5,14-15H2,1-3H3,(H,32,36)(H,33,35). The van der Waals surface area contributed by atoms with Gasteiger partial charge in [0.15, 0.2) is 11.5 Å². The molecule has 1 fully saturated rings. The van der Waals surface area contributed by atoms with Gasteiger partial charge in [-0.1, -0.05) is 0 Å². The molecule has 1 aliphatic carbocycles. The third kappa shape index (κ3) is 6.49. The van der Waals surface area contributed by atoms with Crippen LogP contribution in [0.25, 0.3) is 22.3 Å². The van der Waals surface area contributed by atoms with Gasteiger partial charge in [0.2, 0.25) is 15.9 Å². The Hall–Kier alpha value is -4.58. The molecule has 0 radical (unpaired) electrons. The Morgan fingerprint density at radius 2 is 1.69 bits per heavy atom. The molecule has 0 atom stereocenters. The largest absolute Gasteiger partial charge is 0.457 e. The monoisotopic (exact) mass is 595 g/mol. The van der Waals surface area contributed by atoms with Crippen molar-refractivity contribution in [1.82, 2.24) is 10.6 Å². The highest BCUT2D eigenvalue weighted by Crippen LogP contribution is 2.49. The van der Waals surface area contributed by atoms with Crippen molar-refractivity contribution in [2.75, 3.05) is 30.7 Å². The molecular formula is C30H30FN3O7S. The van der Waals surface area contributed by atoms with E-state index in [9.17, 15) is 22.4 Å². The van der Waals surface area contributed by atoms with Crippen molar-refractivity contribution in [2.24, 2.45) is 0 Å².